The summed E-state index contributed by atoms with van der Waals surface area (Å²) in [4.78, 5) is 30.6. The molecule has 2 aromatic carbocycles. The van der Waals surface area contributed by atoms with Gasteiger partial charge in [0.05, 0.1) is 17.7 Å². The fourth-order valence-electron chi connectivity index (χ4n) is 3.66. The number of aromatic nitrogens is 2. The summed E-state index contributed by atoms with van der Waals surface area (Å²) >= 11 is 1.21. The smallest absolute Gasteiger partial charge is 0.277 e. The minimum absolute atomic E-state index is 0.182. The molecule has 0 saturated carbocycles. The highest BCUT2D eigenvalue weighted by Crippen LogP contribution is 2.29. The minimum Gasteiger partial charge on any atom is -0.490 e. The van der Waals surface area contributed by atoms with Crippen molar-refractivity contribution in [1.29, 1.82) is 0 Å². The van der Waals surface area contributed by atoms with Crippen molar-refractivity contribution in [1.82, 2.24) is 9.38 Å². The minimum atomic E-state index is -0.291. The highest BCUT2D eigenvalue weighted by atomic mass is 32.1. The predicted octanol–water partition coefficient (Wildman–Crippen LogP) is 3.75. The van der Waals surface area contributed by atoms with Gasteiger partial charge in [-0.2, -0.15) is 4.98 Å². The Morgan fingerprint density at radius 3 is 2.55 bits per heavy atom. The van der Waals surface area contributed by atoms with E-state index >= 15 is 0 Å². The molecule has 33 heavy (non-hydrogen) atoms. The lowest BCUT2D eigenvalue weighted by Gasteiger charge is -2.11. The van der Waals surface area contributed by atoms with Gasteiger partial charge in [-0.15, -0.1) is 0 Å². The second-order valence-corrected chi connectivity index (χ2v) is 8.67. The van der Waals surface area contributed by atoms with Crippen LogP contribution in [0, 0.1) is 6.92 Å². The molecule has 2 heterocycles. The van der Waals surface area contributed by atoms with Crippen LogP contribution < -0.4 is 25.1 Å². The van der Waals surface area contributed by atoms with Gasteiger partial charge >= 0.3 is 0 Å². The van der Waals surface area contributed by atoms with E-state index < -0.39 is 0 Å². The Balaban J connectivity index is 1.78. The molecule has 2 aromatic heterocycles. The van der Waals surface area contributed by atoms with Gasteiger partial charge in [-0.3, -0.25) is 14.0 Å². The van der Waals surface area contributed by atoms with Crippen LogP contribution in [0.5, 0.6) is 11.5 Å². The number of thiazole rings is 1. The van der Waals surface area contributed by atoms with Gasteiger partial charge in [0.15, 0.2) is 11.5 Å². The standard InChI is InChI=1S/C26H26N2O4S/c1-4-13-32-21-12-11-19(15-22(21)31-5-2)16-23-25(30)28-17(3)20(24(29)27-26(28)33-23)14-18-9-7-6-8-10-18/h6-12,15-16H,4-5,13-14H2,1-3H3. The molecule has 0 spiro atoms. The number of ether oxygens (including phenoxy) is 2. The van der Waals surface area contributed by atoms with Gasteiger partial charge in [-0.1, -0.05) is 54.7 Å². The molecule has 0 bridgehead atoms. The average molecular weight is 463 g/mol. The molecule has 0 saturated heterocycles. The highest BCUT2D eigenvalue weighted by Gasteiger charge is 2.15. The van der Waals surface area contributed by atoms with Gasteiger partial charge in [-0.25, -0.2) is 0 Å². The second-order valence-electron chi connectivity index (χ2n) is 7.66. The third-order valence-corrected chi connectivity index (χ3v) is 6.25. The van der Waals surface area contributed by atoms with Gasteiger partial charge in [-0.05, 0) is 49.6 Å². The first-order valence-electron chi connectivity index (χ1n) is 11.0. The molecule has 0 radical (unpaired) electrons. The number of nitrogens with zero attached hydrogens (tertiary/aromatic N) is 2. The van der Waals surface area contributed by atoms with Crippen LogP contribution in [0.25, 0.3) is 11.0 Å². The van der Waals surface area contributed by atoms with E-state index in [4.69, 9.17) is 9.47 Å². The normalized spacial score (nSPS) is 11.8. The lowest BCUT2D eigenvalue weighted by Crippen LogP contribution is -2.27. The molecular formula is C26H26N2O4S. The highest BCUT2D eigenvalue weighted by molar-refractivity contribution is 7.15. The quantitative estimate of drug-likeness (QED) is 0.399. The predicted molar refractivity (Wildman–Crippen MR) is 132 cm³/mol. The number of hydrogen-bond donors (Lipinski definition) is 0. The summed E-state index contributed by atoms with van der Waals surface area (Å²) in [5.41, 5.74) is 2.52. The van der Waals surface area contributed by atoms with E-state index in [-0.39, 0.29) is 11.1 Å². The lowest BCUT2D eigenvalue weighted by atomic mass is 10.1. The maximum absolute atomic E-state index is 13.2. The third kappa shape index (κ3) is 4.83. The Bertz CT molecular complexity index is 1440. The Morgan fingerprint density at radius 1 is 1.03 bits per heavy atom. The summed E-state index contributed by atoms with van der Waals surface area (Å²) in [5.74, 6) is 1.32. The van der Waals surface area contributed by atoms with E-state index in [9.17, 15) is 9.59 Å². The van der Waals surface area contributed by atoms with Gasteiger partial charge in [0.25, 0.3) is 11.1 Å². The summed E-state index contributed by atoms with van der Waals surface area (Å²) in [6.07, 6.45) is 3.14. The third-order valence-electron chi connectivity index (χ3n) is 5.28. The molecule has 4 rings (SSSR count). The van der Waals surface area contributed by atoms with E-state index in [0.717, 1.165) is 17.5 Å². The summed E-state index contributed by atoms with van der Waals surface area (Å²) in [5, 5.41) is 0. The maximum atomic E-state index is 13.2. The molecule has 0 N–H and O–H groups in total. The van der Waals surface area contributed by atoms with Crippen LogP contribution in [0.1, 0.15) is 42.7 Å². The Labute approximate surface area is 195 Å². The summed E-state index contributed by atoms with van der Waals surface area (Å²) < 4.78 is 13.5. The first-order chi connectivity index (χ1) is 16.0. The van der Waals surface area contributed by atoms with Gasteiger partial charge in [0.1, 0.15) is 0 Å². The van der Waals surface area contributed by atoms with Crippen molar-refractivity contribution in [2.24, 2.45) is 0 Å². The van der Waals surface area contributed by atoms with Crippen molar-refractivity contribution >= 4 is 22.4 Å². The van der Waals surface area contributed by atoms with Crippen molar-refractivity contribution < 1.29 is 9.47 Å². The molecule has 0 atom stereocenters. The number of rotatable bonds is 8. The van der Waals surface area contributed by atoms with Crippen LogP contribution in [-0.4, -0.2) is 22.6 Å². The Morgan fingerprint density at radius 2 is 1.82 bits per heavy atom. The molecule has 7 heteroatoms. The zero-order valence-electron chi connectivity index (χ0n) is 19.0. The van der Waals surface area contributed by atoms with Crippen LogP contribution in [0.15, 0.2) is 58.1 Å². The Kier molecular flexibility index (Phi) is 6.89. The summed E-state index contributed by atoms with van der Waals surface area (Å²) in [6.45, 7) is 6.89. The second kappa shape index (κ2) is 10.0. The zero-order chi connectivity index (χ0) is 23.4. The molecule has 0 aliphatic rings. The number of benzene rings is 2. The largest absolute Gasteiger partial charge is 0.490 e. The fraction of sp³-hybridized carbons (Fsp3) is 0.269. The zero-order valence-corrected chi connectivity index (χ0v) is 19.8. The van der Waals surface area contributed by atoms with Crippen LogP contribution in [0.2, 0.25) is 0 Å². The average Bonchev–Trinajstić information content (AvgIpc) is 3.11. The van der Waals surface area contributed by atoms with E-state index in [0.29, 0.717) is 51.9 Å². The lowest BCUT2D eigenvalue weighted by molar-refractivity contribution is 0.277. The van der Waals surface area contributed by atoms with Crippen molar-refractivity contribution in [3.05, 3.63) is 96.2 Å². The molecular weight excluding hydrogens is 436 g/mol. The topological polar surface area (TPSA) is 69.9 Å². The van der Waals surface area contributed by atoms with Gasteiger partial charge < -0.3 is 9.47 Å². The Hall–Kier alpha value is -3.45. The molecule has 0 amide bonds. The molecule has 0 fully saturated rings. The van der Waals surface area contributed by atoms with Crippen LogP contribution in [0.4, 0.5) is 0 Å². The van der Waals surface area contributed by atoms with Crippen molar-refractivity contribution in [2.45, 2.75) is 33.6 Å². The maximum Gasteiger partial charge on any atom is 0.277 e. The molecule has 0 aliphatic carbocycles. The van der Waals surface area contributed by atoms with E-state index in [2.05, 4.69) is 4.98 Å². The van der Waals surface area contributed by atoms with Crippen molar-refractivity contribution in [3.63, 3.8) is 0 Å². The van der Waals surface area contributed by atoms with Gasteiger partial charge in [0.2, 0.25) is 4.96 Å². The SMILES string of the molecule is CCCOc1ccc(C=c2sc3nc(=O)c(Cc4ccccc4)c(C)n3c2=O)cc1OCC. The number of hydrogen-bond acceptors (Lipinski definition) is 6. The van der Waals surface area contributed by atoms with E-state index in [1.165, 1.54) is 11.3 Å². The number of aryl methyl sites for hydroxylation is 1. The fourth-order valence-corrected chi connectivity index (χ4v) is 4.67. The molecule has 0 unspecified atom stereocenters. The van der Waals surface area contributed by atoms with Gasteiger partial charge in [0, 0.05) is 17.7 Å². The van der Waals surface area contributed by atoms with Crippen LogP contribution in [-0.2, 0) is 6.42 Å². The summed E-state index contributed by atoms with van der Waals surface area (Å²) in [6, 6.07) is 15.3. The molecule has 6 nitrogen and oxygen atoms in total. The number of fused-ring (bicyclic) bond motifs is 1. The summed E-state index contributed by atoms with van der Waals surface area (Å²) in [7, 11) is 0. The first kappa shape index (κ1) is 22.7. The van der Waals surface area contributed by atoms with Crippen LogP contribution >= 0.6 is 11.3 Å². The van der Waals surface area contributed by atoms with Crippen molar-refractivity contribution in [3.8, 4) is 11.5 Å². The monoisotopic (exact) mass is 462 g/mol. The molecule has 170 valence electrons. The molecule has 0 aliphatic heterocycles. The van der Waals surface area contributed by atoms with E-state index in [1.54, 1.807) is 17.4 Å². The van der Waals surface area contributed by atoms with Crippen molar-refractivity contribution in [2.75, 3.05) is 13.2 Å². The van der Waals surface area contributed by atoms with Crippen LogP contribution in [0.3, 0.4) is 0 Å². The van der Waals surface area contributed by atoms with E-state index in [1.807, 2.05) is 62.4 Å². The first-order valence-corrected chi connectivity index (χ1v) is 11.8. The molecule has 4 aromatic rings.